The van der Waals surface area contributed by atoms with Gasteiger partial charge in [-0.2, -0.15) is 0 Å². The molecule has 0 fully saturated rings. The molecular weight excluding hydrogens is 135 g/mol. The summed E-state index contributed by atoms with van der Waals surface area (Å²) in [6.45, 7) is 1.11. The van der Waals surface area contributed by atoms with Gasteiger partial charge in [0.05, 0.1) is 0 Å². The molecule has 3 N–H and O–H groups in total. The molecule has 0 aliphatic rings. The Balaban J connectivity index is 3.56. The first kappa shape index (κ1) is 8.07. The number of phosphoric ester groups is 1. The summed E-state index contributed by atoms with van der Waals surface area (Å²) in [5, 5.41) is 8.17. The minimum Gasteiger partial charge on any atom is -0.368 e. The number of aliphatic hydroxyl groups is 1. The fourth-order valence-electron chi connectivity index (χ4n) is 0.199. The van der Waals surface area contributed by atoms with Crippen molar-refractivity contribution < 1.29 is 24.0 Å². The molecule has 6 heteroatoms. The Morgan fingerprint density at radius 2 is 2.00 bits per heavy atom. The van der Waals surface area contributed by atoms with Gasteiger partial charge in [0.15, 0.2) is 6.29 Å². The minimum absolute atomic E-state index is 1.11. The predicted octanol–water partition coefficient (Wildman–Crippen LogP) is -0.566. The van der Waals surface area contributed by atoms with Crippen molar-refractivity contribution in [2.75, 3.05) is 0 Å². The molecule has 0 amide bonds. The smallest absolute Gasteiger partial charge is 0.368 e. The van der Waals surface area contributed by atoms with Gasteiger partial charge in [0.1, 0.15) is 0 Å². The molecule has 0 bridgehead atoms. The first-order valence-corrected chi connectivity index (χ1v) is 3.37. The molecule has 0 aliphatic carbocycles. The van der Waals surface area contributed by atoms with Crippen LogP contribution >= 0.6 is 7.82 Å². The second-order valence-electron chi connectivity index (χ2n) is 1.20. The zero-order valence-electron chi connectivity index (χ0n) is 4.18. The average molecular weight is 142 g/mol. The maximum Gasteiger partial charge on any atom is 0.471 e. The van der Waals surface area contributed by atoms with E-state index in [9.17, 15) is 4.57 Å². The minimum atomic E-state index is -4.47. The van der Waals surface area contributed by atoms with Gasteiger partial charge >= 0.3 is 7.82 Å². The van der Waals surface area contributed by atoms with Crippen LogP contribution in [-0.2, 0) is 9.09 Å². The molecule has 50 valence electrons. The number of hydrogen-bond donors (Lipinski definition) is 3. The Morgan fingerprint density at radius 1 is 1.62 bits per heavy atom. The first-order valence-electron chi connectivity index (χ1n) is 1.84. The van der Waals surface area contributed by atoms with Gasteiger partial charge in [-0.25, -0.2) is 4.57 Å². The Morgan fingerprint density at radius 3 is 2.00 bits per heavy atom. The molecule has 0 heterocycles. The van der Waals surface area contributed by atoms with Crippen LogP contribution in [0.3, 0.4) is 0 Å². The van der Waals surface area contributed by atoms with Crippen molar-refractivity contribution in [2.24, 2.45) is 0 Å². The van der Waals surface area contributed by atoms with E-state index in [1.165, 1.54) is 0 Å². The first-order chi connectivity index (χ1) is 3.42. The van der Waals surface area contributed by atoms with E-state index in [1.807, 2.05) is 0 Å². The lowest BCUT2D eigenvalue weighted by Gasteiger charge is -2.05. The summed E-state index contributed by atoms with van der Waals surface area (Å²) in [5.41, 5.74) is 0. The average Bonchev–Trinajstić information content (AvgIpc) is 1.21. The largest absolute Gasteiger partial charge is 0.471 e. The van der Waals surface area contributed by atoms with Crippen LogP contribution < -0.4 is 0 Å². The summed E-state index contributed by atoms with van der Waals surface area (Å²) < 4.78 is 13.4. The van der Waals surface area contributed by atoms with Gasteiger partial charge in [0, 0.05) is 0 Å². The summed E-state index contributed by atoms with van der Waals surface area (Å²) in [6.07, 6.45) is -1.42. The lowest BCUT2D eigenvalue weighted by Crippen LogP contribution is -2.02. The molecule has 0 aliphatic heterocycles. The molecule has 0 rings (SSSR count). The van der Waals surface area contributed by atoms with E-state index in [0.29, 0.717) is 0 Å². The molecule has 8 heavy (non-hydrogen) atoms. The lowest BCUT2D eigenvalue weighted by atomic mass is 10.8. The van der Waals surface area contributed by atoms with E-state index in [0.717, 1.165) is 6.92 Å². The molecular formula is C2H7O5P. The van der Waals surface area contributed by atoms with E-state index < -0.39 is 14.1 Å². The van der Waals surface area contributed by atoms with Crippen molar-refractivity contribution in [2.45, 2.75) is 13.2 Å². The second kappa shape index (κ2) is 2.57. The van der Waals surface area contributed by atoms with Gasteiger partial charge in [-0.15, -0.1) is 0 Å². The molecule has 0 aromatic rings. The third kappa shape index (κ3) is 6.07. The van der Waals surface area contributed by atoms with Crippen LogP contribution in [0.1, 0.15) is 6.92 Å². The normalized spacial score (nSPS) is 16.0. The fraction of sp³-hybridized carbons (Fsp3) is 1.00. The summed E-state index contributed by atoms with van der Waals surface area (Å²) in [5.74, 6) is 0. The van der Waals surface area contributed by atoms with E-state index in [4.69, 9.17) is 14.9 Å². The fourth-order valence-corrected chi connectivity index (χ4v) is 0.596. The third-order valence-electron chi connectivity index (χ3n) is 0.290. The van der Waals surface area contributed by atoms with Gasteiger partial charge < -0.3 is 14.9 Å². The SMILES string of the molecule is CC(O)OP(=O)(O)O. The van der Waals surface area contributed by atoms with Gasteiger partial charge in [-0.3, -0.25) is 4.52 Å². The Hall–Kier alpha value is 0.0700. The zero-order chi connectivity index (χ0) is 6.78. The zero-order valence-corrected chi connectivity index (χ0v) is 5.08. The summed E-state index contributed by atoms with van der Waals surface area (Å²) in [4.78, 5) is 15.8. The van der Waals surface area contributed by atoms with E-state index in [-0.39, 0.29) is 0 Å². The molecule has 0 aromatic heterocycles. The molecule has 1 unspecified atom stereocenters. The standard InChI is InChI=1S/C2H7O5P/c1-2(3)7-8(4,5)6/h2-3H,1H3,(H2,4,5,6). The van der Waals surface area contributed by atoms with Crippen LogP contribution in [0.25, 0.3) is 0 Å². The molecule has 0 spiro atoms. The van der Waals surface area contributed by atoms with Crippen LogP contribution in [0, 0.1) is 0 Å². The number of hydrogen-bond acceptors (Lipinski definition) is 3. The Kier molecular flexibility index (Phi) is 2.59. The molecule has 0 saturated heterocycles. The number of rotatable bonds is 2. The third-order valence-corrected chi connectivity index (χ3v) is 0.870. The predicted molar refractivity (Wildman–Crippen MR) is 24.8 cm³/mol. The summed E-state index contributed by atoms with van der Waals surface area (Å²) in [7, 11) is -4.47. The molecule has 1 atom stereocenters. The second-order valence-corrected chi connectivity index (χ2v) is 2.39. The van der Waals surface area contributed by atoms with Crippen molar-refractivity contribution in [3.63, 3.8) is 0 Å². The van der Waals surface area contributed by atoms with Crippen LogP contribution in [-0.4, -0.2) is 21.2 Å². The monoisotopic (exact) mass is 142 g/mol. The van der Waals surface area contributed by atoms with Crippen LogP contribution in [0.15, 0.2) is 0 Å². The van der Waals surface area contributed by atoms with Crippen molar-refractivity contribution in [3.8, 4) is 0 Å². The van der Waals surface area contributed by atoms with Crippen LogP contribution in [0.2, 0.25) is 0 Å². The Bertz CT molecular complexity index is 103. The van der Waals surface area contributed by atoms with Crippen molar-refractivity contribution in [1.29, 1.82) is 0 Å². The molecule has 0 saturated carbocycles. The van der Waals surface area contributed by atoms with E-state index >= 15 is 0 Å². The number of phosphoric acid groups is 1. The van der Waals surface area contributed by atoms with Gasteiger partial charge in [-0.1, -0.05) is 0 Å². The van der Waals surface area contributed by atoms with Crippen molar-refractivity contribution in [1.82, 2.24) is 0 Å². The van der Waals surface area contributed by atoms with Gasteiger partial charge in [-0.05, 0) is 6.92 Å². The lowest BCUT2D eigenvalue weighted by molar-refractivity contribution is -0.0209. The highest BCUT2D eigenvalue weighted by Gasteiger charge is 2.16. The van der Waals surface area contributed by atoms with Crippen molar-refractivity contribution in [3.05, 3.63) is 0 Å². The van der Waals surface area contributed by atoms with Crippen LogP contribution in [0.4, 0.5) is 0 Å². The maximum atomic E-state index is 9.75. The highest BCUT2D eigenvalue weighted by molar-refractivity contribution is 7.46. The summed E-state index contributed by atoms with van der Waals surface area (Å²) in [6, 6.07) is 0. The molecule has 5 nitrogen and oxygen atoms in total. The molecule has 0 radical (unpaired) electrons. The molecule has 0 aromatic carbocycles. The van der Waals surface area contributed by atoms with Crippen LogP contribution in [0.5, 0.6) is 0 Å². The topological polar surface area (TPSA) is 87.0 Å². The highest BCUT2D eigenvalue weighted by atomic mass is 31.2. The quantitative estimate of drug-likeness (QED) is 0.355. The Labute approximate surface area is 46.2 Å². The van der Waals surface area contributed by atoms with Crippen molar-refractivity contribution >= 4 is 7.82 Å². The highest BCUT2D eigenvalue weighted by Crippen LogP contribution is 2.36. The van der Waals surface area contributed by atoms with Gasteiger partial charge in [0.25, 0.3) is 0 Å². The van der Waals surface area contributed by atoms with E-state index in [2.05, 4.69) is 4.52 Å². The summed E-state index contributed by atoms with van der Waals surface area (Å²) >= 11 is 0. The van der Waals surface area contributed by atoms with Gasteiger partial charge in [0.2, 0.25) is 0 Å². The number of aliphatic hydroxyl groups excluding tert-OH is 1. The maximum absolute atomic E-state index is 9.75. The van der Waals surface area contributed by atoms with E-state index in [1.54, 1.807) is 0 Å².